The molecule has 1 saturated carbocycles. The topological polar surface area (TPSA) is 30.3 Å². The van der Waals surface area contributed by atoms with Crippen LogP contribution in [0.5, 0.6) is 0 Å². The van der Waals surface area contributed by atoms with Crippen LogP contribution in [0, 0.1) is 5.92 Å². The van der Waals surface area contributed by atoms with E-state index < -0.39 is 0 Å². The van der Waals surface area contributed by atoms with Gasteiger partial charge in [0.2, 0.25) is 0 Å². The van der Waals surface area contributed by atoms with Crippen LogP contribution in [-0.4, -0.2) is 34.4 Å². The maximum atomic E-state index is 5.84. The standard InChI is InChI=1S/C17H23N3OS/c1-2-17(22-9-1)12-19-10-15-5-7-18-20(15)16(11-19)6-8-21-13-14-3-4-14/h1-2,5,7,9,14,16H,3-4,6,8,10-13H2/t16-/m1/s1. The van der Waals surface area contributed by atoms with E-state index in [9.17, 15) is 0 Å². The molecule has 4 nitrogen and oxygen atoms in total. The summed E-state index contributed by atoms with van der Waals surface area (Å²) in [5.74, 6) is 0.849. The predicted octanol–water partition coefficient (Wildman–Crippen LogP) is 3.32. The van der Waals surface area contributed by atoms with Gasteiger partial charge in [0.25, 0.3) is 0 Å². The fraction of sp³-hybridized carbons (Fsp3) is 0.588. The van der Waals surface area contributed by atoms with Crippen LogP contribution in [0.25, 0.3) is 0 Å². The third-order valence-electron chi connectivity index (χ3n) is 4.56. The predicted molar refractivity (Wildman–Crippen MR) is 87.9 cm³/mol. The first-order valence-corrected chi connectivity index (χ1v) is 9.11. The Morgan fingerprint density at radius 2 is 2.27 bits per heavy atom. The zero-order valence-corrected chi connectivity index (χ0v) is 13.7. The number of hydrogen-bond donors (Lipinski definition) is 0. The van der Waals surface area contributed by atoms with Crippen LogP contribution < -0.4 is 0 Å². The third kappa shape index (κ3) is 3.42. The Bertz CT molecular complexity index is 591. The van der Waals surface area contributed by atoms with Gasteiger partial charge >= 0.3 is 0 Å². The van der Waals surface area contributed by atoms with Crippen molar-refractivity contribution in [3.8, 4) is 0 Å². The van der Waals surface area contributed by atoms with Crippen LogP contribution in [0.3, 0.4) is 0 Å². The molecule has 1 aliphatic heterocycles. The minimum atomic E-state index is 0.443. The molecule has 2 aliphatic rings. The van der Waals surface area contributed by atoms with Gasteiger partial charge in [0.15, 0.2) is 0 Å². The second kappa shape index (κ2) is 6.52. The Morgan fingerprint density at radius 3 is 3.09 bits per heavy atom. The van der Waals surface area contributed by atoms with Crippen LogP contribution in [0.1, 0.15) is 35.9 Å². The lowest BCUT2D eigenvalue weighted by Gasteiger charge is -2.33. The molecule has 0 amide bonds. The Balaban J connectivity index is 1.36. The monoisotopic (exact) mass is 317 g/mol. The molecule has 4 rings (SSSR count). The zero-order valence-electron chi connectivity index (χ0n) is 12.9. The molecule has 2 aromatic rings. The number of nitrogens with zero attached hydrogens (tertiary/aromatic N) is 3. The smallest absolute Gasteiger partial charge is 0.0672 e. The van der Waals surface area contributed by atoms with Gasteiger partial charge in [0.05, 0.1) is 11.7 Å². The van der Waals surface area contributed by atoms with Gasteiger partial charge in [-0.1, -0.05) is 6.07 Å². The number of hydrogen-bond acceptors (Lipinski definition) is 4. The van der Waals surface area contributed by atoms with Gasteiger partial charge in [-0.2, -0.15) is 5.10 Å². The van der Waals surface area contributed by atoms with Gasteiger partial charge in [-0.15, -0.1) is 11.3 Å². The largest absolute Gasteiger partial charge is 0.381 e. The Kier molecular flexibility index (Phi) is 4.28. The van der Waals surface area contributed by atoms with Crippen molar-refractivity contribution >= 4 is 11.3 Å². The van der Waals surface area contributed by atoms with E-state index >= 15 is 0 Å². The number of fused-ring (bicyclic) bond motifs is 1. The van der Waals surface area contributed by atoms with Crippen molar-refractivity contribution in [2.45, 2.75) is 38.4 Å². The van der Waals surface area contributed by atoms with Crippen molar-refractivity contribution in [2.24, 2.45) is 5.92 Å². The molecule has 0 spiro atoms. The summed E-state index contributed by atoms with van der Waals surface area (Å²) in [6, 6.07) is 6.96. The van der Waals surface area contributed by atoms with Crippen molar-refractivity contribution in [1.82, 2.24) is 14.7 Å². The molecule has 2 aromatic heterocycles. The van der Waals surface area contributed by atoms with Gasteiger partial charge in [-0.3, -0.25) is 9.58 Å². The van der Waals surface area contributed by atoms with Gasteiger partial charge < -0.3 is 4.74 Å². The molecule has 5 heteroatoms. The Morgan fingerprint density at radius 1 is 1.32 bits per heavy atom. The molecule has 1 atom stereocenters. The van der Waals surface area contributed by atoms with Crippen molar-refractivity contribution < 1.29 is 4.74 Å². The van der Waals surface area contributed by atoms with E-state index in [1.54, 1.807) is 0 Å². The molecule has 3 heterocycles. The van der Waals surface area contributed by atoms with Crippen LogP contribution in [0.15, 0.2) is 29.8 Å². The summed E-state index contributed by atoms with van der Waals surface area (Å²) in [5.41, 5.74) is 1.33. The number of rotatable bonds is 7. The summed E-state index contributed by atoms with van der Waals surface area (Å²) in [5, 5.41) is 6.69. The highest BCUT2D eigenvalue weighted by Gasteiger charge is 2.26. The van der Waals surface area contributed by atoms with E-state index in [0.717, 1.165) is 45.2 Å². The van der Waals surface area contributed by atoms with E-state index in [0.29, 0.717) is 6.04 Å². The molecule has 1 fully saturated rings. The van der Waals surface area contributed by atoms with Crippen LogP contribution in [0.2, 0.25) is 0 Å². The fourth-order valence-corrected chi connectivity index (χ4v) is 3.92. The molecule has 0 N–H and O–H groups in total. The van der Waals surface area contributed by atoms with Crippen LogP contribution in [-0.2, 0) is 17.8 Å². The molecular formula is C17H23N3OS. The number of ether oxygens (including phenoxy) is 1. The zero-order chi connectivity index (χ0) is 14.8. The first-order chi connectivity index (χ1) is 10.9. The minimum absolute atomic E-state index is 0.443. The second-order valence-electron chi connectivity index (χ2n) is 6.48. The summed E-state index contributed by atoms with van der Waals surface area (Å²) in [7, 11) is 0. The average Bonchev–Trinajstić information content (AvgIpc) is 2.99. The van der Waals surface area contributed by atoms with Gasteiger partial charge in [0, 0.05) is 43.9 Å². The minimum Gasteiger partial charge on any atom is -0.381 e. The number of aromatic nitrogens is 2. The quantitative estimate of drug-likeness (QED) is 0.734. The van der Waals surface area contributed by atoms with E-state index in [4.69, 9.17) is 4.74 Å². The Labute approximate surface area is 135 Å². The van der Waals surface area contributed by atoms with Crippen molar-refractivity contribution in [3.63, 3.8) is 0 Å². The third-order valence-corrected chi connectivity index (χ3v) is 5.42. The lowest BCUT2D eigenvalue weighted by atomic mass is 10.1. The SMILES string of the molecule is c1csc(CN2Cc3ccnn3[C@H](CCOCC3CC3)C2)c1. The molecule has 0 radical (unpaired) electrons. The van der Waals surface area contributed by atoms with Crippen LogP contribution >= 0.6 is 11.3 Å². The second-order valence-corrected chi connectivity index (χ2v) is 7.51. The first-order valence-electron chi connectivity index (χ1n) is 8.23. The normalized spacial score (nSPS) is 21.9. The maximum Gasteiger partial charge on any atom is 0.0672 e. The van der Waals surface area contributed by atoms with Crippen molar-refractivity contribution in [2.75, 3.05) is 19.8 Å². The number of thiophene rings is 1. The van der Waals surface area contributed by atoms with E-state index in [2.05, 4.69) is 38.3 Å². The summed E-state index contributed by atoms with van der Waals surface area (Å²) in [6.07, 6.45) is 5.72. The molecule has 0 unspecified atom stereocenters. The van der Waals surface area contributed by atoms with Gasteiger partial charge in [0.1, 0.15) is 0 Å². The first kappa shape index (κ1) is 14.4. The molecule has 0 saturated heterocycles. The lowest BCUT2D eigenvalue weighted by molar-refractivity contribution is 0.0908. The lowest BCUT2D eigenvalue weighted by Crippen LogP contribution is -2.37. The summed E-state index contributed by atoms with van der Waals surface area (Å²) in [6.45, 7) is 4.92. The molecule has 0 bridgehead atoms. The molecule has 118 valence electrons. The highest BCUT2D eigenvalue weighted by Crippen LogP contribution is 2.29. The summed E-state index contributed by atoms with van der Waals surface area (Å²) in [4.78, 5) is 3.98. The van der Waals surface area contributed by atoms with E-state index in [-0.39, 0.29) is 0 Å². The van der Waals surface area contributed by atoms with E-state index in [1.807, 2.05) is 17.5 Å². The summed E-state index contributed by atoms with van der Waals surface area (Å²) < 4.78 is 8.05. The van der Waals surface area contributed by atoms with Crippen molar-refractivity contribution in [3.05, 3.63) is 40.3 Å². The highest BCUT2D eigenvalue weighted by molar-refractivity contribution is 7.09. The van der Waals surface area contributed by atoms with Gasteiger partial charge in [-0.25, -0.2) is 0 Å². The molecule has 1 aliphatic carbocycles. The van der Waals surface area contributed by atoms with Crippen LogP contribution in [0.4, 0.5) is 0 Å². The Hall–Kier alpha value is -1.17. The highest BCUT2D eigenvalue weighted by atomic mass is 32.1. The molecule has 0 aromatic carbocycles. The fourth-order valence-electron chi connectivity index (χ4n) is 3.18. The molecular weight excluding hydrogens is 294 g/mol. The summed E-state index contributed by atoms with van der Waals surface area (Å²) >= 11 is 1.84. The van der Waals surface area contributed by atoms with E-state index in [1.165, 1.54) is 23.4 Å². The average molecular weight is 317 g/mol. The maximum absolute atomic E-state index is 5.84. The van der Waals surface area contributed by atoms with Crippen molar-refractivity contribution in [1.29, 1.82) is 0 Å². The molecule has 22 heavy (non-hydrogen) atoms. The van der Waals surface area contributed by atoms with Gasteiger partial charge in [-0.05, 0) is 42.7 Å².